The summed E-state index contributed by atoms with van der Waals surface area (Å²) in [5, 5.41) is 7.29. The van der Waals surface area contributed by atoms with E-state index in [2.05, 4.69) is 28.2 Å². The topological polar surface area (TPSA) is 50.2 Å². The van der Waals surface area contributed by atoms with Gasteiger partial charge in [-0.2, -0.15) is 5.10 Å². The Morgan fingerprint density at radius 1 is 1.50 bits per heavy atom. The van der Waals surface area contributed by atoms with E-state index >= 15 is 0 Å². The van der Waals surface area contributed by atoms with Crippen LogP contribution in [-0.4, -0.2) is 36.0 Å². The van der Waals surface area contributed by atoms with E-state index in [4.69, 9.17) is 6.42 Å². The fourth-order valence-corrected chi connectivity index (χ4v) is 2.38. The van der Waals surface area contributed by atoms with E-state index in [0.29, 0.717) is 19.6 Å². The number of aromatic nitrogens is 2. The Bertz CT molecular complexity index is 523. The molecule has 20 heavy (non-hydrogen) atoms. The molecule has 0 aromatic carbocycles. The first-order valence-electron chi connectivity index (χ1n) is 7.17. The third-order valence-electron chi connectivity index (χ3n) is 3.73. The SMILES string of the molecule is C#CCNCCn1ncc(N2CCC(C)CC2)cc1=O. The Kier molecular flexibility index (Phi) is 5.19. The largest absolute Gasteiger partial charge is 0.370 e. The van der Waals surface area contributed by atoms with Crippen LogP contribution in [0.25, 0.3) is 0 Å². The highest BCUT2D eigenvalue weighted by atomic mass is 16.1. The second-order valence-corrected chi connectivity index (χ2v) is 5.33. The minimum absolute atomic E-state index is 0.0522. The lowest BCUT2D eigenvalue weighted by atomic mass is 9.99. The molecule has 0 atom stereocenters. The zero-order valence-electron chi connectivity index (χ0n) is 12.0. The molecule has 1 N–H and O–H groups in total. The molecule has 0 unspecified atom stereocenters. The van der Waals surface area contributed by atoms with Crippen LogP contribution in [0.5, 0.6) is 0 Å². The molecule has 0 radical (unpaired) electrons. The molecule has 1 fully saturated rings. The minimum atomic E-state index is -0.0522. The number of nitrogens with zero attached hydrogens (tertiary/aromatic N) is 3. The Morgan fingerprint density at radius 2 is 2.25 bits per heavy atom. The third kappa shape index (κ3) is 3.84. The maximum absolute atomic E-state index is 12.0. The van der Waals surface area contributed by atoms with Crippen molar-refractivity contribution in [1.82, 2.24) is 15.1 Å². The normalized spacial score (nSPS) is 16.1. The van der Waals surface area contributed by atoms with Crippen molar-refractivity contribution in [2.45, 2.75) is 26.3 Å². The van der Waals surface area contributed by atoms with Crippen molar-refractivity contribution in [2.24, 2.45) is 5.92 Å². The summed E-state index contributed by atoms with van der Waals surface area (Å²) in [5.74, 6) is 3.28. The molecule has 2 rings (SSSR count). The number of hydrogen-bond donors (Lipinski definition) is 1. The number of terminal acetylenes is 1. The smallest absolute Gasteiger partial charge is 0.268 e. The van der Waals surface area contributed by atoms with Gasteiger partial charge in [-0.25, -0.2) is 4.68 Å². The Labute approximate surface area is 120 Å². The van der Waals surface area contributed by atoms with E-state index in [1.807, 2.05) is 0 Å². The van der Waals surface area contributed by atoms with Gasteiger partial charge in [-0.3, -0.25) is 4.79 Å². The van der Waals surface area contributed by atoms with E-state index in [1.165, 1.54) is 17.5 Å². The lowest BCUT2D eigenvalue weighted by Crippen LogP contribution is -2.35. The number of nitrogens with one attached hydrogen (secondary N) is 1. The molecule has 0 amide bonds. The molecule has 1 aliphatic rings. The van der Waals surface area contributed by atoms with Crippen molar-refractivity contribution in [1.29, 1.82) is 0 Å². The standard InChI is InChI=1S/C15H22N4O/c1-3-6-16-7-10-19-15(20)11-14(12-17-19)18-8-4-13(2)5-9-18/h1,11-13,16H,4-10H2,2H3. The molecule has 5 heteroatoms. The van der Waals surface area contributed by atoms with Gasteiger partial charge in [-0.05, 0) is 18.8 Å². The number of anilines is 1. The van der Waals surface area contributed by atoms with Gasteiger partial charge in [0.15, 0.2) is 0 Å². The summed E-state index contributed by atoms with van der Waals surface area (Å²) in [7, 11) is 0. The monoisotopic (exact) mass is 274 g/mol. The molecule has 1 aliphatic heterocycles. The zero-order chi connectivity index (χ0) is 14.4. The molecule has 2 heterocycles. The quantitative estimate of drug-likeness (QED) is 0.634. The van der Waals surface area contributed by atoms with E-state index in [9.17, 15) is 4.79 Å². The second kappa shape index (κ2) is 7.11. The number of piperidine rings is 1. The van der Waals surface area contributed by atoms with Crippen LogP contribution >= 0.6 is 0 Å². The van der Waals surface area contributed by atoms with Gasteiger partial charge in [-0.1, -0.05) is 12.8 Å². The number of hydrogen-bond acceptors (Lipinski definition) is 4. The summed E-state index contributed by atoms with van der Waals surface area (Å²) in [6.07, 6.45) is 9.30. The second-order valence-electron chi connectivity index (χ2n) is 5.33. The van der Waals surface area contributed by atoms with Gasteiger partial charge < -0.3 is 10.2 Å². The van der Waals surface area contributed by atoms with Crippen molar-refractivity contribution in [2.75, 3.05) is 31.1 Å². The highest BCUT2D eigenvalue weighted by molar-refractivity contribution is 5.43. The van der Waals surface area contributed by atoms with Crippen LogP contribution in [0.15, 0.2) is 17.1 Å². The van der Waals surface area contributed by atoms with Gasteiger partial charge in [0, 0.05) is 25.7 Å². The predicted molar refractivity (Wildman–Crippen MR) is 80.8 cm³/mol. The van der Waals surface area contributed by atoms with Crippen molar-refractivity contribution >= 4 is 5.69 Å². The highest BCUT2D eigenvalue weighted by Crippen LogP contribution is 2.20. The third-order valence-corrected chi connectivity index (χ3v) is 3.73. The summed E-state index contributed by atoms with van der Waals surface area (Å²) in [4.78, 5) is 14.3. The van der Waals surface area contributed by atoms with E-state index in [1.54, 1.807) is 12.3 Å². The molecular formula is C15H22N4O. The van der Waals surface area contributed by atoms with Crippen LogP contribution in [0.2, 0.25) is 0 Å². The van der Waals surface area contributed by atoms with Crippen LogP contribution in [0, 0.1) is 18.3 Å². The van der Waals surface area contributed by atoms with Crippen molar-refractivity contribution < 1.29 is 0 Å². The zero-order valence-corrected chi connectivity index (χ0v) is 12.0. The average molecular weight is 274 g/mol. The molecule has 0 spiro atoms. The van der Waals surface area contributed by atoms with Crippen molar-refractivity contribution in [3.63, 3.8) is 0 Å². The molecule has 1 saturated heterocycles. The molecule has 108 valence electrons. The van der Waals surface area contributed by atoms with Crippen LogP contribution in [0.4, 0.5) is 5.69 Å². The molecule has 5 nitrogen and oxygen atoms in total. The van der Waals surface area contributed by atoms with Gasteiger partial charge in [0.2, 0.25) is 0 Å². The van der Waals surface area contributed by atoms with E-state index < -0.39 is 0 Å². The van der Waals surface area contributed by atoms with Crippen LogP contribution < -0.4 is 15.8 Å². The summed E-state index contributed by atoms with van der Waals surface area (Å²) in [6.45, 7) is 6.00. The summed E-state index contributed by atoms with van der Waals surface area (Å²) >= 11 is 0. The van der Waals surface area contributed by atoms with E-state index in [0.717, 1.165) is 24.7 Å². The predicted octanol–water partition coefficient (Wildman–Crippen LogP) is 0.702. The van der Waals surface area contributed by atoms with E-state index in [-0.39, 0.29) is 5.56 Å². The highest BCUT2D eigenvalue weighted by Gasteiger charge is 2.16. The lowest BCUT2D eigenvalue weighted by Gasteiger charge is -2.31. The summed E-state index contributed by atoms with van der Waals surface area (Å²) in [5.41, 5.74) is 0.887. The number of rotatable bonds is 5. The Morgan fingerprint density at radius 3 is 2.90 bits per heavy atom. The minimum Gasteiger partial charge on any atom is -0.370 e. The first-order chi connectivity index (χ1) is 9.70. The molecule has 1 aromatic heterocycles. The molecule has 0 aliphatic carbocycles. The van der Waals surface area contributed by atoms with Crippen LogP contribution in [0.3, 0.4) is 0 Å². The molecule has 0 saturated carbocycles. The first kappa shape index (κ1) is 14.6. The van der Waals surface area contributed by atoms with Gasteiger partial charge in [0.1, 0.15) is 0 Å². The lowest BCUT2D eigenvalue weighted by molar-refractivity contribution is 0.437. The Balaban J connectivity index is 1.95. The maximum Gasteiger partial charge on any atom is 0.268 e. The van der Waals surface area contributed by atoms with Gasteiger partial charge in [0.05, 0.1) is 25.0 Å². The first-order valence-corrected chi connectivity index (χ1v) is 7.17. The summed E-state index contributed by atoms with van der Waals surface area (Å²) < 4.78 is 1.47. The summed E-state index contributed by atoms with van der Waals surface area (Å²) in [6, 6.07) is 1.68. The molecule has 0 bridgehead atoms. The fraction of sp³-hybridized carbons (Fsp3) is 0.600. The van der Waals surface area contributed by atoms with Crippen molar-refractivity contribution in [3.05, 3.63) is 22.6 Å². The average Bonchev–Trinajstić information content (AvgIpc) is 2.46. The Hall–Kier alpha value is -1.80. The van der Waals surface area contributed by atoms with Crippen LogP contribution in [0.1, 0.15) is 19.8 Å². The van der Waals surface area contributed by atoms with Gasteiger partial charge in [0.25, 0.3) is 5.56 Å². The van der Waals surface area contributed by atoms with Gasteiger partial charge in [-0.15, -0.1) is 6.42 Å². The molecular weight excluding hydrogens is 252 g/mol. The maximum atomic E-state index is 12.0. The van der Waals surface area contributed by atoms with Crippen LogP contribution in [-0.2, 0) is 6.54 Å². The fourth-order valence-electron chi connectivity index (χ4n) is 2.38. The van der Waals surface area contributed by atoms with Crippen molar-refractivity contribution in [3.8, 4) is 12.3 Å². The van der Waals surface area contributed by atoms with Gasteiger partial charge >= 0.3 is 0 Å². The molecule has 1 aromatic rings.